The van der Waals surface area contributed by atoms with Gasteiger partial charge >= 0.3 is 0 Å². The Kier molecular flexibility index (Phi) is 5.49. The molecule has 1 saturated heterocycles. The normalized spacial score (nSPS) is 18.6. The zero-order chi connectivity index (χ0) is 14.4. The zero-order valence-electron chi connectivity index (χ0n) is 12.0. The number of nitro groups is 1. The minimum absolute atomic E-state index is 0.244. The Morgan fingerprint density at radius 3 is 2.85 bits per heavy atom. The fourth-order valence-corrected chi connectivity index (χ4v) is 2.88. The molecule has 0 spiro atoms. The first kappa shape index (κ1) is 14.9. The van der Waals surface area contributed by atoms with Crippen molar-refractivity contribution in [2.75, 3.05) is 26.2 Å². The fraction of sp³-hybridized carbons (Fsp3) is 0.600. The fourth-order valence-electron chi connectivity index (χ4n) is 2.88. The molecule has 0 saturated carbocycles. The third kappa shape index (κ3) is 3.77. The first-order valence-electron chi connectivity index (χ1n) is 7.39. The molecule has 0 bridgehead atoms. The van der Waals surface area contributed by atoms with E-state index in [2.05, 4.69) is 17.1 Å². The molecule has 0 aromatic heterocycles. The second-order valence-electron chi connectivity index (χ2n) is 5.32. The molecule has 1 fully saturated rings. The molecule has 1 atom stereocenters. The van der Waals surface area contributed by atoms with Gasteiger partial charge in [0, 0.05) is 30.8 Å². The van der Waals surface area contributed by atoms with Gasteiger partial charge in [-0.1, -0.05) is 25.1 Å². The van der Waals surface area contributed by atoms with Crippen molar-refractivity contribution in [3.63, 3.8) is 0 Å². The number of rotatable bonds is 7. The number of hydrogen-bond donors (Lipinski definition) is 1. The van der Waals surface area contributed by atoms with E-state index in [0.717, 1.165) is 44.6 Å². The predicted octanol–water partition coefficient (Wildman–Crippen LogP) is 2.21. The number of benzene rings is 1. The molecule has 0 radical (unpaired) electrons. The second-order valence-corrected chi connectivity index (χ2v) is 5.32. The Morgan fingerprint density at radius 1 is 1.40 bits per heavy atom. The van der Waals surface area contributed by atoms with Crippen LogP contribution >= 0.6 is 0 Å². The molecule has 1 unspecified atom stereocenters. The van der Waals surface area contributed by atoms with E-state index in [1.165, 1.54) is 6.42 Å². The van der Waals surface area contributed by atoms with Gasteiger partial charge in [0.1, 0.15) is 0 Å². The Bertz CT molecular complexity index is 444. The average Bonchev–Trinajstić information content (AvgIpc) is 2.97. The van der Waals surface area contributed by atoms with Crippen LogP contribution in [0.25, 0.3) is 0 Å². The van der Waals surface area contributed by atoms with E-state index in [0.29, 0.717) is 6.04 Å². The molecule has 20 heavy (non-hydrogen) atoms. The molecular formula is C15H23N3O2. The van der Waals surface area contributed by atoms with Crippen molar-refractivity contribution >= 4 is 5.69 Å². The number of para-hydroxylation sites is 1. The van der Waals surface area contributed by atoms with Gasteiger partial charge in [-0.2, -0.15) is 0 Å². The van der Waals surface area contributed by atoms with Crippen molar-refractivity contribution < 1.29 is 4.92 Å². The average molecular weight is 277 g/mol. The molecule has 1 aliphatic heterocycles. The van der Waals surface area contributed by atoms with Gasteiger partial charge in [0.25, 0.3) is 5.69 Å². The minimum atomic E-state index is -0.281. The molecular weight excluding hydrogens is 254 g/mol. The molecule has 1 heterocycles. The summed E-state index contributed by atoms with van der Waals surface area (Å²) < 4.78 is 0. The van der Waals surface area contributed by atoms with Crippen LogP contribution in [-0.2, 0) is 6.42 Å². The van der Waals surface area contributed by atoms with Crippen LogP contribution in [-0.4, -0.2) is 42.0 Å². The summed E-state index contributed by atoms with van der Waals surface area (Å²) in [4.78, 5) is 13.2. The van der Waals surface area contributed by atoms with Gasteiger partial charge in [0.15, 0.2) is 0 Å². The van der Waals surface area contributed by atoms with E-state index in [1.807, 2.05) is 12.1 Å². The van der Waals surface area contributed by atoms with E-state index >= 15 is 0 Å². The lowest BCUT2D eigenvalue weighted by molar-refractivity contribution is -0.385. The molecule has 0 aliphatic carbocycles. The lowest BCUT2D eigenvalue weighted by Crippen LogP contribution is -2.38. The van der Waals surface area contributed by atoms with E-state index in [4.69, 9.17) is 0 Å². The third-order valence-corrected chi connectivity index (χ3v) is 3.92. The van der Waals surface area contributed by atoms with Crippen LogP contribution in [0.3, 0.4) is 0 Å². The SMILES string of the molecule is CCCN(CCc1ccccc1[N+](=O)[O-])C1CCNC1. The van der Waals surface area contributed by atoms with E-state index < -0.39 is 0 Å². The second kappa shape index (κ2) is 7.36. The van der Waals surface area contributed by atoms with Crippen molar-refractivity contribution in [2.24, 2.45) is 0 Å². The Hall–Kier alpha value is -1.46. The standard InChI is InChI=1S/C15H23N3O2/c1-2-10-17(14-7-9-16-12-14)11-8-13-5-3-4-6-15(13)18(19)20/h3-6,14,16H,2,7-12H2,1H3. The summed E-state index contributed by atoms with van der Waals surface area (Å²) in [6, 6.07) is 7.65. The predicted molar refractivity (Wildman–Crippen MR) is 79.9 cm³/mol. The summed E-state index contributed by atoms with van der Waals surface area (Å²) in [6.45, 7) is 6.26. The summed E-state index contributed by atoms with van der Waals surface area (Å²) in [5.74, 6) is 0. The lowest BCUT2D eigenvalue weighted by Gasteiger charge is -2.27. The first-order valence-corrected chi connectivity index (χ1v) is 7.39. The molecule has 110 valence electrons. The van der Waals surface area contributed by atoms with Crippen molar-refractivity contribution in [3.05, 3.63) is 39.9 Å². The molecule has 5 heteroatoms. The highest BCUT2D eigenvalue weighted by Gasteiger charge is 2.22. The van der Waals surface area contributed by atoms with Crippen molar-refractivity contribution in [3.8, 4) is 0 Å². The van der Waals surface area contributed by atoms with Crippen LogP contribution in [0.1, 0.15) is 25.3 Å². The van der Waals surface area contributed by atoms with Crippen molar-refractivity contribution in [1.82, 2.24) is 10.2 Å². The topological polar surface area (TPSA) is 58.4 Å². The van der Waals surface area contributed by atoms with Crippen LogP contribution in [0.4, 0.5) is 5.69 Å². The maximum Gasteiger partial charge on any atom is 0.272 e. The van der Waals surface area contributed by atoms with Crippen LogP contribution < -0.4 is 5.32 Å². The summed E-state index contributed by atoms with van der Waals surface area (Å²) >= 11 is 0. The molecule has 1 aromatic rings. The quantitative estimate of drug-likeness (QED) is 0.613. The summed E-state index contributed by atoms with van der Waals surface area (Å²) in [6.07, 6.45) is 3.04. The lowest BCUT2D eigenvalue weighted by atomic mass is 10.1. The molecule has 0 amide bonds. The minimum Gasteiger partial charge on any atom is -0.315 e. The summed E-state index contributed by atoms with van der Waals surface area (Å²) in [5.41, 5.74) is 1.08. The van der Waals surface area contributed by atoms with Gasteiger partial charge in [-0.25, -0.2) is 0 Å². The summed E-state index contributed by atoms with van der Waals surface area (Å²) in [7, 11) is 0. The molecule has 1 aliphatic rings. The van der Waals surface area contributed by atoms with Crippen LogP contribution in [0, 0.1) is 10.1 Å². The van der Waals surface area contributed by atoms with Gasteiger partial charge in [-0.3, -0.25) is 15.0 Å². The maximum atomic E-state index is 11.0. The first-order chi connectivity index (χ1) is 9.72. The smallest absolute Gasteiger partial charge is 0.272 e. The summed E-state index contributed by atoms with van der Waals surface area (Å²) in [5, 5.41) is 14.4. The van der Waals surface area contributed by atoms with Gasteiger partial charge in [-0.15, -0.1) is 0 Å². The van der Waals surface area contributed by atoms with Crippen LogP contribution in [0.15, 0.2) is 24.3 Å². The number of nitrogens with zero attached hydrogens (tertiary/aromatic N) is 2. The van der Waals surface area contributed by atoms with E-state index in [9.17, 15) is 10.1 Å². The Balaban J connectivity index is 2.00. The molecule has 1 aromatic carbocycles. The van der Waals surface area contributed by atoms with Gasteiger partial charge in [0.05, 0.1) is 4.92 Å². The largest absolute Gasteiger partial charge is 0.315 e. The monoisotopic (exact) mass is 277 g/mol. The maximum absolute atomic E-state index is 11.0. The van der Waals surface area contributed by atoms with Crippen LogP contribution in [0.2, 0.25) is 0 Å². The van der Waals surface area contributed by atoms with E-state index in [-0.39, 0.29) is 10.6 Å². The number of nitro benzene ring substituents is 1. The van der Waals surface area contributed by atoms with E-state index in [1.54, 1.807) is 12.1 Å². The van der Waals surface area contributed by atoms with Crippen LogP contribution in [0.5, 0.6) is 0 Å². The zero-order valence-corrected chi connectivity index (χ0v) is 12.0. The Labute approximate surface area is 120 Å². The van der Waals surface area contributed by atoms with Crippen molar-refractivity contribution in [2.45, 2.75) is 32.2 Å². The highest BCUT2D eigenvalue weighted by Crippen LogP contribution is 2.19. The third-order valence-electron chi connectivity index (χ3n) is 3.92. The molecule has 1 N–H and O–H groups in total. The number of hydrogen-bond acceptors (Lipinski definition) is 4. The van der Waals surface area contributed by atoms with Crippen molar-refractivity contribution in [1.29, 1.82) is 0 Å². The highest BCUT2D eigenvalue weighted by molar-refractivity contribution is 5.39. The highest BCUT2D eigenvalue weighted by atomic mass is 16.6. The van der Waals surface area contributed by atoms with Gasteiger partial charge in [0.2, 0.25) is 0 Å². The van der Waals surface area contributed by atoms with Gasteiger partial charge in [-0.05, 0) is 32.4 Å². The Morgan fingerprint density at radius 2 is 2.20 bits per heavy atom. The van der Waals surface area contributed by atoms with Gasteiger partial charge < -0.3 is 5.32 Å². The number of nitrogens with one attached hydrogen (secondary N) is 1. The molecule has 2 rings (SSSR count). The molecule has 5 nitrogen and oxygen atoms in total.